The van der Waals surface area contributed by atoms with E-state index in [-0.39, 0.29) is 0 Å². The van der Waals surface area contributed by atoms with Gasteiger partial charge in [-0.1, -0.05) is 41.9 Å². The summed E-state index contributed by atoms with van der Waals surface area (Å²) in [5.74, 6) is 0.489. The molecule has 0 aliphatic heterocycles. The third kappa shape index (κ3) is 4.06. The van der Waals surface area contributed by atoms with Crippen molar-refractivity contribution in [2.45, 2.75) is 25.9 Å². The lowest BCUT2D eigenvalue weighted by Crippen LogP contribution is -2.37. The predicted octanol–water partition coefficient (Wildman–Crippen LogP) is 5.18. The van der Waals surface area contributed by atoms with Crippen molar-refractivity contribution in [1.82, 2.24) is 10.3 Å². The first-order valence-corrected chi connectivity index (χ1v) is 9.76. The van der Waals surface area contributed by atoms with Gasteiger partial charge in [-0.15, -0.1) is 0 Å². The van der Waals surface area contributed by atoms with Crippen LogP contribution in [0.25, 0.3) is 22.2 Å². The molecule has 4 rings (SSSR count). The molecule has 0 saturated carbocycles. The Hall–Kier alpha value is -3.02. The van der Waals surface area contributed by atoms with Crippen molar-refractivity contribution in [3.8, 4) is 11.3 Å². The zero-order valence-electron chi connectivity index (χ0n) is 15.9. The van der Waals surface area contributed by atoms with Crippen LogP contribution in [0.15, 0.2) is 65.2 Å². The number of aromatic amines is 1. The molecule has 4 aromatic rings. The molecule has 0 aliphatic rings. The van der Waals surface area contributed by atoms with Gasteiger partial charge in [0.2, 0.25) is 0 Å². The fraction of sp³-hybridized carbons (Fsp3) is 0.174. The molecule has 0 spiro atoms. The van der Waals surface area contributed by atoms with E-state index in [2.05, 4.69) is 10.3 Å². The number of nitrogens with one attached hydrogen (secondary N) is 2. The van der Waals surface area contributed by atoms with E-state index in [1.165, 1.54) is 0 Å². The quantitative estimate of drug-likeness (QED) is 0.394. The number of carbonyl (C=O) groups is 1. The van der Waals surface area contributed by atoms with E-state index in [0.29, 0.717) is 29.5 Å². The highest BCUT2D eigenvalue weighted by atomic mass is 35.5. The van der Waals surface area contributed by atoms with Gasteiger partial charge in [-0.3, -0.25) is 10.1 Å². The number of aromatic nitrogens is 1. The highest BCUT2D eigenvalue weighted by molar-refractivity contribution is 6.31. The van der Waals surface area contributed by atoms with Gasteiger partial charge in [-0.2, -0.15) is 0 Å². The summed E-state index contributed by atoms with van der Waals surface area (Å²) in [5, 5.41) is 14.5. The van der Waals surface area contributed by atoms with Crippen LogP contribution in [0.4, 0.5) is 0 Å². The van der Waals surface area contributed by atoms with Gasteiger partial charge in [0, 0.05) is 34.1 Å². The summed E-state index contributed by atoms with van der Waals surface area (Å²) < 4.78 is 5.92. The Morgan fingerprint density at radius 1 is 1.17 bits per heavy atom. The monoisotopic (exact) mass is 408 g/mol. The number of carboxylic acid groups (broad SMARTS) is 1. The maximum Gasteiger partial charge on any atom is 0.321 e. The van der Waals surface area contributed by atoms with Crippen molar-refractivity contribution >= 4 is 28.5 Å². The van der Waals surface area contributed by atoms with E-state index < -0.39 is 12.0 Å². The molecule has 0 bridgehead atoms. The third-order valence-electron chi connectivity index (χ3n) is 5.11. The molecule has 2 heterocycles. The van der Waals surface area contributed by atoms with Gasteiger partial charge in [-0.05, 0) is 42.3 Å². The summed E-state index contributed by atoms with van der Waals surface area (Å²) in [5.41, 5.74) is 3.84. The summed E-state index contributed by atoms with van der Waals surface area (Å²) in [7, 11) is 0. The van der Waals surface area contributed by atoms with Crippen LogP contribution in [-0.4, -0.2) is 22.1 Å². The largest absolute Gasteiger partial charge is 0.480 e. The highest BCUT2D eigenvalue weighted by Crippen LogP contribution is 2.29. The first kappa shape index (κ1) is 19.3. The number of hydrogen-bond donors (Lipinski definition) is 3. The topological polar surface area (TPSA) is 78.3 Å². The van der Waals surface area contributed by atoms with Gasteiger partial charge < -0.3 is 14.5 Å². The van der Waals surface area contributed by atoms with Crippen molar-refractivity contribution in [3.05, 3.63) is 82.7 Å². The zero-order chi connectivity index (χ0) is 20.4. The number of rotatable bonds is 7. The Bertz CT molecular complexity index is 1160. The molecule has 0 fully saturated rings. The summed E-state index contributed by atoms with van der Waals surface area (Å²) >= 11 is 6.20. The number of fused-ring (bicyclic) bond motifs is 1. The zero-order valence-corrected chi connectivity index (χ0v) is 16.7. The number of aliphatic carboxylic acids is 1. The molecular formula is C23H21ClN2O3. The Labute approximate surface area is 173 Å². The first-order chi connectivity index (χ1) is 14.0. The highest BCUT2D eigenvalue weighted by Gasteiger charge is 2.20. The minimum absolute atomic E-state index is 0.318. The summed E-state index contributed by atoms with van der Waals surface area (Å²) in [6, 6.07) is 16.6. The molecule has 29 heavy (non-hydrogen) atoms. The Morgan fingerprint density at radius 3 is 2.83 bits per heavy atom. The standard InChI is InChI=1S/C23H21ClN2O3/c1-14-17(6-4-7-19(14)24)22-10-9-16(29-22)13-26-21(23(27)28)11-15-12-25-20-8-3-2-5-18(15)20/h2-10,12,21,25-26H,11,13H2,1H3,(H,27,28)/t21-/m1/s1. The normalized spacial score (nSPS) is 12.3. The summed E-state index contributed by atoms with van der Waals surface area (Å²) in [6.45, 7) is 2.26. The van der Waals surface area contributed by atoms with Crippen LogP contribution in [0.2, 0.25) is 5.02 Å². The number of H-pyrrole nitrogens is 1. The molecule has 0 saturated heterocycles. The Balaban J connectivity index is 1.47. The number of furan rings is 1. The number of benzene rings is 2. The molecule has 0 radical (unpaired) electrons. The van der Waals surface area contributed by atoms with Crippen LogP contribution in [0.1, 0.15) is 16.9 Å². The molecule has 6 heteroatoms. The van der Waals surface area contributed by atoms with Gasteiger partial charge in [0.15, 0.2) is 0 Å². The van der Waals surface area contributed by atoms with Crippen molar-refractivity contribution < 1.29 is 14.3 Å². The molecule has 2 aromatic carbocycles. The minimum Gasteiger partial charge on any atom is -0.480 e. The summed E-state index contributed by atoms with van der Waals surface area (Å²) in [6.07, 6.45) is 2.25. The van der Waals surface area contributed by atoms with Gasteiger partial charge in [-0.25, -0.2) is 0 Å². The first-order valence-electron chi connectivity index (χ1n) is 9.38. The second kappa shape index (κ2) is 8.15. The maximum atomic E-state index is 11.8. The number of halogens is 1. The smallest absolute Gasteiger partial charge is 0.321 e. The lowest BCUT2D eigenvalue weighted by atomic mass is 10.0. The maximum absolute atomic E-state index is 11.8. The van der Waals surface area contributed by atoms with Crippen LogP contribution in [-0.2, 0) is 17.8 Å². The number of carboxylic acids is 1. The Morgan fingerprint density at radius 2 is 2.00 bits per heavy atom. The summed E-state index contributed by atoms with van der Waals surface area (Å²) in [4.78, 5) is 15.0. The number of para-hydroxylation sites is 1. The molecule has 2 aromatic heterocycles. The van der Waals surface area contributed by atoms with E-state index >= 15 is 0 Å². The van der Waals surface area contributed by atoms with Crippen molar-refractivity contribution in [1.29, 1.82) is 0 Å². The van der Waals surface area contributed by atoms with Crippen LogP contribution >= 0.6 is 11.6 Å². The van der Waals surface area contributed by atoms with Gasteiger partial charge in [0.1, 0.15) is 17.6 Å². The van der Waals surface area contributed by atoms with Gasteiger partial charge in [0.05, 0.1) is 6.54 Å². The third-order valence-corrected chi connectivity index (χ3v) is 5.52. The van der Waals surface area contributed by atoms with Crippen LogP contribution in [0, 0.1) is 6.92 Å². The van der Waals surface area contributed by atoms with Crippen molar-refractivity contribution in [3.63, 3.8) is 0 Å². The average molecular weight is 409 g/mol. The van der Waals surface area contributed by atoms with Gasteiger partial charge >= 0.3 is 5.97 Å². The molecule has 1 atom stereocenters. The van der Waals surface area contributed by atoms with E-state index in [1.807, 2.05) is 67.7 Å². The molecule has 3 N–H and O–H groups in total. The minimum atomic E-state index is -0.896. The van der Waals surface area contributed by atoms with Crippen LogP contribution in [0.5, 0.6) is 0 Å². The number of hydrogen-bond acceptors (Lipinski definition) is 3. The molecule has 0 unspecified atom stereocenters. The molecule has 5 nitrogen and oxygen atoms in total. The molecule has 0 amide bonds. The second-order valence-electron chi connectivity index (χ2n) is 7.01. The Kier molecular flexibility index (Phi) is 5.43. The van der Waals surface area contributed by atoms with Crippen molar-refractivity contribution in [2.24, 2.45) is 0 Å². The average Bonchev–Trinajstić information content (AvgIpc) is 3.34. The molecule has 148 valence electrons. The fourth-order valence-electron chi connectivity index (χ4n) is 3.48. The predicted molar refractivity (Wildman–Crippen MR) is 114 cm³/mol. The fourth-order valence-corrected chi connectivity index (χ4v) is 3.66. The van der Waals surface area contributed by atoms with E-state index in [1.54, 1.807) is 0 Å². The second-order valence-corrected chi connectivity index (χ2v) is 7.42. The van der Waals surface area contributed by atoms with Crippen molar-refractivity contribution in [2.75, 3.05) is 0 Å². The lowest BCUT2D eigenvalue weighted by molar-refractivity contribution is -0.139. The molecular weight excluding hydrogens is 388 g/mol. The SMILES string of the molecule is Cc1c(Cl)cccc1-c1ccc(CN[C@H](Cc2c[nH]c3ccccc23)C(=O)O)o1. The van der Waals surface area contributed by atoms with E-state index in [9.17, 15) is 9.90 Å². The van der Waals surface area contributed by atoms with E-state index in [0.717, 1.165) is 27.6 Å². The van der Waals surface area contributed by atoms with Gasteiger partial charge in [0.25, 0.3) is 0 Å². The van der Waals surface area contributed by atoms with Crippen LogP contribution in [0.3, 0.4) is 0 Å². The van der Waals surface area contributed by atoms with Crippen LogP contribution < -0.4 is 5.32 Å². The van der Waals surface area contributed by atoms with E-state index in [4.69, 9.17) is 16.0 Å². The molecule has 0 aliphatic carbocycles. The lowest BCUT2D eigenvalue weighted by Gasteiger charge is -2.13.